The molecule has 0 heterocycles. The normalized spacial score (nSPS) is 10.3. The zero-order chi connectivity index (χ0) is 14.0. The summed E-state index contributed by atoms with van der Waals surface area (Å²) >= 11 is 5.73. The molecular weight excluding hydrogens is 271 g/mol. The summed E-state index contributed by atoms with van der Waals surface area (Å²) in [5.74, 6) is -1.08. The molecule has 0 aliphatic heterocycles. The lowest BCUT2D eigenvalue weighted by atomic mass is 10.0. The Hall–Kier alpha value is -2.07. The van der Waals surface area contributed by atoms with Crippen LogP contribution in [0, 0.1) is 5.82 Å². The molecule has 1 N–H and O–H groups in total. The van der Waals surface area contributed by atoms with Gasteiger partial charge >= 0.3 is 5.97 Å². The van der Waals surface area contributed by atoms with E-state index in [0.717, 1.165) is 0 Å². The number of carboxylic acids is 1. The molecule has 0 spiro atoms. The smallest absolute Gasteiger partial charge is 0.335 e. The zero-order valence-electron chi connectivity index (χ0n) is 9.98. The van der Waals surface area contributed by atoms with Gasteiger partial charge in [0.05, 0.1) is 17.7 Å². The fourth-order valence-electron chi connectivity index (χ4n) is 1.73. The number of ether oxygens (including phenoxy) is 1. The summed E-state index contributed by atoms with van der Waals surface area (Å²) in [6.07, 6.45) is 0. The number of benzene rings is 2. The van der Waals surface area contributed by atoms with Crippen LogP contribution in [0.5, 0.6) is 5.75 Å². The molecule has 0 aliphatic carbocycles. The number of rotatable bonds is 3. The highest BCUT2D eigenvalue weighted by Gasteiger charge is 2.12. The van der Waals surface area contributed by atoms with Gasteiger partial charge in [-0.1, -0.05) is 17.7 Å². The van der Waals surface area contributed by atoms with Crippen LogP contribution in [0.1, 0.15) is 10.4 Å². The zero-order valence-corrected chi connectivity index (χ0v) is 10.7. The maximum absolute atomic E-state index is 13.1. The molecule has 0 atom stereocenters. The lowest BCUT2D eigenvalue weighted by Gasteiger charge is -2.10. The Balaban J connectivity index is 2.61. The first-order valence-corrected chi connectivity index (χ1v) is 5.77. The standard InChI is InChI=1S/C14H10ClFO3/c1-19-13-5-3-9(14(17)18)6-10(13)8-2-4-12(16)11(15)7-8/h2-7H,1H3,(H,17,18). The highest BCUT2D eigenvalue weighted by atomic mass is 35.5. The Kier molecular flexibility index (Phi) is 3.71. The van der Waals surface area contributed by atoms with Gasteiger partial charge in [-0.15, -0.1) is 0 Å². The van der Waals surface area contributed by atoms with Gasteiger partial charge in [0.15, 0.2) is 0 Å². The fourth-order valence-corrected chi connectivity index (χ4v) is 1.91. The van der Waals surface area contributed by atoms with Crippen molar-refractivity contribution in [1.29, 1.82) is 0 Å². The second kappa shape index (κ2) is 5.28. The molecule has 0 radical (unpaired) electrons. The van der Waals surface area contributed by atoms with E-state index in [1.54, 1.807) is 6.07 Å². The number of hydrogen-bond donors (Lipinski definition) is 1. The Morgan fingerprint density at radius 1 is 1.26 bits per heavy atom. The summed E-state index contributed by atoms with van der Waals surface area (Å²) in [7, 11) is 1.48. The minimum absolute atomic E-state index is 0.0275. The van der Waals surface area contributed by atoms with E-state index in [1.807, 2.05) is 0 Å². The van der Waals surface area contributed by atoms with E-state index in [9.17, 15) is 9.18 Å². The van der Waals surface area contributed by atoms with E-state index in [4.69, 9.17) is 21.4 Å². The van der Waals surface area contributed by atoms with Gasteiger partial charge in [-0.2, -0.15) is 0 Å². The number of methoxy groups -OCH3 is 1. The summed E-state index contributed by atoms with van der Waals surface area (Å²) in [6.45, 7) is 0. The van der Waals surface area contributed by atoms with Crippen LogP contribution in [-0.2, 0) is 0 Å². The summed E-state index contributed by atoms with van der Waals surface area (Å²) in [5.41, 5.74) is 1.26. The van der Waals surface area contributed by atoms with Gasteiger partial charge in [0.1, 0.15) is 11.6 Å². The molecule has 2 aromatic carbocycles. The van der Waals surface area contributed by atoms with Gasteiger partial charge < -0.3 is 9.84 Å². The number of carbonyl (C=O) groups is 1. The molecule has 2 aromatic rings. The lowest BCUT2D eigenvalue weighted by Crippen LogP contribution is -1.98. The second-order valence-electron chi connectivity index (χ2n) is 3.85. The van der Waals surface area contributed by atoms with Crippen molar-refractivity contribution in [2.75, 3.05) is 7.11 Å². The monoisotopic (exact) mass is 280 g/mol. The van der Waals surface area contributed by atoms with Crippen LogP contribution in [0.3, 0.4) is 0 Å². The van der Waals surface area contributed by atoms with Crippen LogP contribution in [0.2, 0.25) is 5.02 Å². The minimum atomic E-state index is -1.04. The molecule has 98 valence electrons. The van der Waals surface area contributed by atoms with Gasteiger partial charge in [0.25, 0.3) is 0 Å². The molecular formula is C14H10ClFO3. The highest BCUT2D eigenvalue weighted by Crippen LogP contribution is 2.33. The van der Waals surface area contributed by atoms with Gasteiger partial charge in [0.2, 0.25) is 0 Å². The van der Waals surface area contributed by atoms with Crippen LogP contribution >= 0.6 is 11.6 Å². The third-order valence-corrected chi connectivity index (χ3v) is 2.97. The van der Waals surface area contributed by atoms with Crippen molar-refractivity contribution in [1.82, 2.24) is 0 Å². The minimum Gasteiger partial charge on any atom is -0.496 e. The Morgan fingerprint density at radius 2 is 2.00 bits per heavy atom. The number of hydrogen-bond acceptors (Lipinski definition) is 2. The molecule has 0 saturated heterocycles. The molecule has 19 heavy (non-hydrogen) atoms. The first-order chi connectivity index (χ1) is 9.02. The van der Waals surface area contributed by atoms with Crippen LogP contribution in [0.15, 0.2) is 36.4 Å². The highest BCUT2D eigenvalue weighted by molar-refractivity contribution is 6.31. The predicted molar refractivity (Wildman–Crippen MR) is 70.4 cm³/mol. The van der Waals surface area contributed by atoms with E-state index < -0.39 is 11.8 Å². The van der Waals surface area contributed by atoms with Crippen molar-refractivity contribution in [3.05, 3.63) is 52.8 Å². The molecule has 0 saturated carbocycles. The summed E-state index contributed by atoms with van der Waals surface area (Å²) in [5, 5.41) is 8.96. The van der Waals surface area contributed by atoms with E-state index in [-0.39, 0.29) is 10.6 Å². The molecule has 2 rings (SSSR count). The summed E-state index contributed by atoms with van der Waals surface area (Å²) in [4.78, 5) is 11.0. The second-order valence-corrected chi connectivity index (χ2v) is 4.26. The molecule has 5 heteroatoms. The Morgan fingerprint density at radius 3 is 2.58 bits per heavy atom. The van der Waals surface area contributed by atoms with Gasteiger partial charge in [-0.3, -0.25) is 0 Å². The first kappa shape index (κ1) is 13.4. The van der Waals surface area contributed by atoms with Crippen molar-refractivity contribution >= 4 is 17.6 Å². The Bertz CT molecular complexity index is 641. The third kappa shape index (κ3) is 2.69. The first-order valence-electron chi connectivity index (χ1n) is 5.39. The van der Waals surface area contributed by atoms with E-state index in [2.05, 4.69) is 0 Å². The largest absolute Gasteiger partial charge is 0.496 e. The van der Waals surface area contributed by atoms with Gasteiger partial charge in [-0.25, -0.2) is 9.18 Å². The number of carboxylic acid groups (broad SMARTS) is 1. The quantitative estimate of drug-likeness (QED) is 0.929. The van der Waals surface area contributed by atoms with Crippen molar-refractivity contribution in [3.63, 3.8) is 0 Å². The van der Waals surface area contributed by atoms with Crippen LogP contribution in [-0.4, -0.2) is 18.2 Å². The molecule has 3 nitrogen and oxygen atoms in total. The van der Waals surface area contributed by atoms with Gasteiger partial charge in [0, 0.05) is 5.56 Å². The lowest BCUT2D eigenvalue weighted by molar-refractivity contribution is 0.0697. The van der Waals surface area contributed by atoms with E-state index in [0.29, 0.717) is 16.9 Å². The van der Waals surface area contributed by atoms with Crippen molar-refractivity contribution in [2.45, 2.75) is 0 Å². The topological polar surface area (TPSA) is 46.5 Å². The third-order valence-electron chi connectivity index (χ3n) is 2.68. The average molecular weight is 281 g/mol. The van der Waals surface area contributed by atoms with E-state index >= 15 is 0 Å². The molecule has 0 aromatic heterocycles. The summed E-state index contributed by atoms with van der Waals surface area (Å²) < 4.78 is 18.3. The maximum atomic E-state index is 13.1. The maximum Gasteiger partial charge on any atom is 0.335 e. The van der Waals surface area contributed by atoms with Crippen LogP contribution in [0.25, 0.3) is 11.1 Å². The Labute approximate surface area is 114 Å². The average Bonchev–Trinajstić information content (AvgIpc) is 2.41. The molecule has 0 aliphatic rings. The SMILES string of the molecule is COc1ccc(C(=O)O)cc1-c1ccc(F)c(Cl)c1. The molecule has 0 amide bonds. The summed E-state index contributed by atoms with van der Waals surface area (Å²) in [6, 6.07) is 8.63. The van der Waals surface area contributed by atoms with Crippen LogP contribution in [0.4, 0.5) is 4.39 Å². The molecule has 0 bridgehead atoms. The van der Waals surface area contributed by atoms with Gasteiger partial charge in [-0.05, 0) is 35.9 Å². The fraction of sp³-hybridized carbons (Fsp3) is 0.0714. The molecule has 0 unspecified atom stereocenters. The van der Waals surface area contributed by atoms with E-state index in [1.165, 1.54) is 37.4 Å². The van der Waals surface area contributed by atoms with Crippen molar-refractivity contribution in [2.24, 2.45) is 0 Å². The number of aromatic carboxylic acids is 1. The number of halogens is 2. The van der Waals surface area contributed by atoms with Crippen LogP contribution < -0.4 is 4.74 Å². The molecule has 0 fully saturated rings. The predicted octanol–water partition coefficient (Wildman–Crippen LogP) is 3.85. The van der Waals surface area contributed by atoms with Crippen molar-refractivity contribution < 1.29 is 19.0 Å². The van der Waals surface area contributed by atoms with Crippen molar-refractivity contribution in [3.8, 4) is 16.9 Å².